The Balaban J connectivity index is 2.37. The van der Waals surface area contributed by atoms with E-state index in [0.29, 0.717) is 16.6 Å². The lowest BCUT2D eigenvalue weighted by molar-refractivity contribution is -0.139. The van der Waals surface area contributed by atoms with Crippen LogP contribution in [0.25, 0.3) is 10.9 Å². The van der Waals surface area contributed by atoms with Gasteiger partial charge in [0.1, 0.15) is 11.9 Å². The van der Waals surface area contributed by atoms with E-state index in [1.165, 1.54) is 18.2 Å². The monoisotopic (exact) mass is 290 g/mol. The lowest BCUT2D eigenvalue weighted by Gasteiger charge is -2.13. The van der Waals surface area contributed by atoms with Crippen LogP contribution >= 0.6 is 0 Å². The van der Waals surface area contributed by atoms with Crippen molar-refractivity contribution in [3.63, 3.8) is 0 Å². The number of carboxylic acid groups (broad SMARTS) is 1. The SMILES string of the molecule is CCC(NC(=O)c1cc2ccc(F)cc2nc1C)C(=O)O. The van der Waals surface area contributed by atoms with Crippen molar-refractivity contribution in [1.29, 1.82) is 0 Å². The Bertz CT molecular complexity index is 715. The summed E-state index contributed by atoms with van der Waals surface area (Å²) in [5, 5.41) is 12.0. The summed E-state index contributed by atoms with van der Waals surface area (Å²) in [6.07, 6.45) is 0.284. The van der Waals surface area contributed by atoms with E-state index >= 15 is 0 Å². The summed E-state index contributed by atoms with van der Waals surface area (Å²) >= 11 is 0. The highest BCUT2D eigenvalue weighted by molar-refractivity contribution is 6.00. The Morgan fingerprint density at radius 3 is 2.71 bits per heavy atom. The van der Waals surface area contributed by atoms with Gasteiger partial charge in [0.05, 0.1) is 16.8 Å². The number of fused-ring (bicyclic) bond motifs is 1. The van der Waals surface area contributed by atoms with Crippen LogP contribution in [0.1, 0.15) is 29.4 Å². The summed E-state index contributed by atoms with van der Waals surface area (Å²) in [7, 11) is 0. The maximum atomic E-state index is 13.1. The second-order valence-electron chi connectivity index (χ2n) is 4.73. The van der Waals surface area contributed by atoms with Gasteiger partial charge in [0.25, 0.3) is 5.91 Å². The van der Waals surface area contributed by atoms with Crippen LogP contribution in [-0.4, -0.2) is 28.0 Å². The van der Waals surface area contributed by atoms with E-state index in [1.54, 1.807) is 19.9 Å². The number of benzene rings is 1. The van der Waals surface area contributed by atoms with Gasteiger partial charge in [0, 0.05) is 11.5 Å². The molecular weight excluding hydrogens is 275 g/mol. The van der Waals surface area contributed by atoms with E-state index in [0.717, 1.165) is 0 Å². The van der Waals surface area contributed by atoms with Gasteiger partial charge in [-0.05, 0) is 31.5 Å². The predicted molar refractivity (Wildman–Crippen MR) is 75.6 cm³/mol. The van der Waals surface area contributed by atoms with Gasteiger partial charge in [-0.2, -0.15) is 0 Å². The van der Waals surface area contributed by atoms with Crippen LogP contribution in [-0.2, 0) is 4.79 Å². The number of nitrogens with zero attached hydrogens (tertiary/aromatic N) is 1. The summed E-state index contributed by atoms with van der Waals surface area (Å²) in [6.45, 7) is 3.30. The smallest absolute Gasteiger partial charge is 0.326 e. The summed E-state index contributed by atoms with van der Waals surface area (Å²) in [6, 6.07) is 4.74. The molecule has 1 unspecified atom stereocenters. The lowest BCUT2D eigenvalue weighted by atomic mass is 10.1. The molecule has 0 bridgehead atoms. The molecule has 0 saturated heterocycles. The fourth-order valence-electron chi connectivity index (χ4n) is 2.04. The van der Waals surface area contributed by atoms with Gasteiger partial charge >= 0.3 is 5.97 Å². The highest BCUT2D eigenvalue weighted by atomic mass is 19.1. The summed E-state index contributed by atoms with van der Waals surface area (Å²) in [4.78, 5) is 27.3. The maximum Gasteiger partial charge on any atom is 0.326 e. The number of aromatic nitrogens is 1. The summed E-state index contributed by atoms with van der Waals surface area (Å²) in [5.41, 5.74) is 1.16. The first-order chi connectivity index (χ1) is 9.92. The summed E-state index contributed by atoms with van der Waals surface area (Å²) in [5.74, 6) is -1.98. The van der Waals surface area contributed by atoms with E-state index in [2.05, 4.69) is 10.3 Å². The molecule has 0 spiro atoms. The van der Waals surface area contributed by atoms with E-state index in [-0.39, 0.29) is 12.0 Å². The molecule has 5 nitrogen and oxygen atoms in total. The molecule has 0 radical (unpaired) electrons. The molecule has 2 aromatic rings. The number of aliphatic carboxylic acids is 1. The number of pyridine rings is 1. The van der Waals surface area contributed by atoms with E-state index in [9.17, 15) is 14.0 Å². The Kier molecular flexibility index (Phi) is 4.16. The van der Waals surface area contributed by atoms with Gasteiger partial charge < -0.3 is 10.4 Å². The molecule has 1 aromatic carbocycles. The predicted octanol–water partition coefficient (Wildman–Crippen LogP) is 2.28. The molecule has 0 aliphatic rings. The highest BCUT2D eigenvalue weighted by Crippen LogP contribution is 2.18. The van der Waals surface area contributed by atoms with E-state index in [1.807, 2.05) is 0 Å². The van der Waals surface area contributed by atoms with Gasteiger partial charge in [0.2, 0.25) is 0 Å². The molecule has 0 aliphatic carbocycles. The highest BCUT2D eigenvalue weighted by Gasteiger charge is 2.20. The zero-order chi connectivity index (χ0) is 15.6. The first-order valence-electron chi connectivity index (χ1n) is 6.53. The number of halogens is 1. The van der Waals surface area contributed by atoms with Crippen LogP contribution in [0.3, 0.4) is 0 Å². The fourth-order valence-corrected chi connectivity index (χ4v) is 2.04. The number of carbonyl (C=O) groups excluding carboxylic acids is 1. The van der Waals surface area contributed by atoms with Crippen molar-refractivity contribution >= 4 is 22.8 Å². The molecule has 110 valence electrons. The molecule has 2 N–H and O–H groups in total. The number of nitrogens with one attached hydrogen (secondary N) is 1. The topological polar surface area (TPSA) is 79.3 Å². The number of aryl methyl sites for hydroxylation is 1. The van der Waals surface area contributed by atoms with Crippen molar-refractivity contribution in [3.8, 4) is 0 Å². The first-order valence-corrected chi connectivity index (χ1v) is 6.53. The molecule has 2 rings (SSSR count). The molecule has 6 heteroatoms. The molecular formula is C15H15FN2O3. The minimum absolute atomic E-state index is 0.284. The van der Waals surface area contributed by atoms with Gasteiger partial charge in [-0.15, -0.1) is 0 Å². The van der Waals surface area contributed by atoms with E-state index in [4.69, 9.17) is 5.11 Å². The second kappa shape index (κ2) is 5.87. The largest absolute Gasteiger partial charge is 0.480 e. The summed E-state index contributed by atoms with van der Waals surface area (Å²) < 4.78 is 13.1. The van der Waals surface area contributed by atoms with Crippen molar-refractivity contribution in [3.05, 3.63) is 41.3 Å². The third kappa shape index (κ3) is 3.16. The van der Waals surface area contributed by atoms with Crippen LogP contribution in [0.4, 0.5) is 4.39 Å². The molecule has 1 aromatic heterocycles. The number of amides is 1. The van der Waals surface area contributed by atoms with Crippen molar-refractivity contribution in [1.82, 2.24) is 10.3 Å². The van der Waals surface area contributed by atoms with Crippen molar-refractivity contribution in [2.75, 3.05) is 0 Å². The Labute approximate surface area is 120 Å². The van der Waals surface area contributed by atoms with Gasteiger partial charge in [0.15, 0.2) is 0 Å². The lowest BCUT2D eigenvalue weighted by Crippen LogP contribution is -2.40. The first kappa shape index (κ1) is 14.9. The molecule has 1 atom stereocenters. The molecule has 21 heavy (non-hydrogen) atoms. The second-order valence-corrected chi connectivity index (χ2v) is 4.73. The molecule has 0 fully saturated rings. The Hall–Kier alpha value is -2.50. The fraction of sp³-hybridized carbons (Fsp3) is 0.267. The quantitative estimate of drug-likeness (QED) is 0.905. The number of hydrogen-bond acceptors (Lipinski definition) is 3. The Morgan fingerprint density at radius 1 is 1.38 bits per heavy atom. The van der Waals surface area contributed by atoms with Crippen LogP contribution in [0.15, 0.2) is 24.3 Å². The van der Waals surface area contributed by atoms with Crippen LogP contribution in [0.2, 0.25) is 0 Å². The molecule has 0 aliphatic heterocycles. The molecule has 1 amide bonds. The van der Waals surface area contributed by atoms with Crippen molar-refractivity contribution < 1.29 is 19.1 Å². The average molecular weight is 290 g/mol. The zero-order valence-electron chi connectivity index (χ0n) is 11.7. The van der Waals surface area contributed by atoms with E-state index < -0.39 is 23.7 Å². The van der Waals surface area contributed by atoms with Crippen LogP contribution in [0, 0.1) is 12.7 Å². The van der Waals surface area contributed by atoms with Gasteiger partial charge in [-0.1, -0.05) is 6.92 Å². The van der Waals surface area contributed by atoms with Crippen molar-refractivity contribution in [2.24, 2.45) is 0 Å². The van der Waals surface area contributed by atoms with Crippen molar-refractivity contribution in [2.45, 2.75) is 26.3 Å². The zero-order valence-corrected chi connectivity index (χ0v) is 11.7. The molecule has 1 heterocycles. The minimum atomic E-state index is -1.08. The molecule has 0 saturated carbocycles. The van der Waals surface area contributed by atoms with Gasteiger partial charge in [-0.25, -0.2) is 9.18 Å². The number of carbonyl (C=O) groups is 2. The normalized spacial score (nSPS) is 12.1. The van der Waals surface area contributed by atoms with Crippen LogP contribution < -0.4 is 5.32 Å². The number of hydrogen-bond donors (Lipinski definition) is 2. The number of carboxylic acids is 1. The standard InChI is InChI=1S/C15H15FN2O3/c1-3-12(15(20)21)18-14(19)11-6-9-4-5-10(16)7-13(9)17-8(11)2/h4-7,12H,3H2,1-2H3,(H,18,19)(H,20,21). The van der Waals surface area contributed by atoms with Gasteiger partial charge in [-0.3, -0.25) is 9.78 Å². The maximum absolute atomic E-state index is 13.1. The van der Waals surface area contributed by atoms with Crippen LogP contribution in [0.5, 0.6) is 0 Å². The average Bonchev–Trinajstić information content (AvgIpc) is 2.43. The Morgan fingerprint density at radius 2 is 2.10 bits per heavy atom. The third-order valence-electron chi connectivity index (χ3n) is 3.23. The number of rotatable bonds is 4. The minimum Gasteiger partial charge on any atom is -0.480 e. The third-order valence-corrected chi connectivity index (χ3v) is 3.23.